The molecule has 4 rings (SSSR count). The zero-order valence-electron chi connectivity index (χ0n) is 14.1. The smallest absolute Gasteiger partial charge is 0.417 e. The monoisotopic (exact) mass is 382 g/mol. The summed E-state index contributed by atoms with van der Waals surface area (Å²) >= 11 is 6.21. The van der Waals surface area contributed by atoms with Gasteiger partial charge in [-0.05, 0) is 49.0 Å². The molecule has 0 saturated heterocycles. The van der Waals surface area contributed by atoms with Gasteiger partial charge in [0, 0.05) is 6.20 Å². The Bertz CT molecular complexity index is 794. The zero-order chi connectivity index (χ0) is 18.5. The Balaban J connectivity index is 1.75. The fourth-order valence-electron chi connectivity index (χ4n) is 3.55. The summed E-state index contributed by atoms with van der Waals surface area (Å²) in [4.78, 5) is 6.25. The average Bonchev–Trinajstić information content (AvgIpc) is 3.45. The molecule has 3 nitrogen and oxygen atoms in total. The summed E-state index contributed by atoms with van der Waals surface area (Å²) in [5.41, 5.74) is 0.165. The molecule has 1 aromatic carbocycles. The molecule has 0 spiro atoms. The molecule has 3 aliphatic rings. The molecule has 0 bridgehead atoms. The van der Waals surface area contributed by atoms with Gasteiger partial charge in [0.1, 0.15) is 11.6 Å². The van der Waals surface area contributed by atoms with Crippen LogP contribution in [0.3, 0.4) is 0 Å². The highest BCUT2D eigenvalue weighted by Crippen LogP contribution is 2.45. The Labute approximate surface area is 154 Å². The molecule has 2 unspecified atom stereocenters. The Kier molecular flexibility index (Phi) is 4.26. The maximum absolute atomic E-state index is 13.3. The van der Waals surface area contributed by atoms with E-state index in [0.29, 0.717) is 23.9 Å². The van der Waals surface area contributed by atoms with Gasteiger partial charge in [-0.1, -0.05) is 23.7 Å². The third-order valence-electron chi connectivity index (χ3n) is 5.10. The predicted octanol–water partition coefficient (Wildman–Crippen LogP) is 5.20. The van der Waals surface area contributed by atoms with Crippen molar-refractivity contribution in [3.05, 3.63) is 52.7 Å². The number of nitrogens with zero attached hydrogens (tertiary/aromatic N) is 2. The van der Waals surface area contributed by atoms with Crippen molar-refractivity contribution in [1.29, 1.82) is 0 Å². The van der Waals surface area contributed by atoms with Crippen LogP contribution in [0, 0.1) is 5.92 Å². The van der Waals surface area contributed by atoms with Crippen molar-refractivity contribution in [2.45, 2.75) is 37.5 Å². The highest BCUT2D eigenvalue weighted by atomic mass is 35.5. The molecule has 1 aliphatic carbocycles. The van der Waals surface area contributed by atoms with Gasteiger partial charge >= 0.3 is 6.18 Å². The molecule has 2 aliphatic heterocycles. The molecular formula is C19H18ClF3N2O. The zero-order valence-corrected chi connectivity index (χ0v) is 14.9. The van der Waals surface area contributed by atoms with Gasteiger partial charge < -0.3 is 9.64 Å². The van der Waals surface area contributed by atoms with Gasteiger partial charge in [-0.3, -0.25) is 4.99 Å². The molecule has 1 aromatic rings. The molecule has 2 heterocycles. The number of alkyl halides is 3. The molecule has 0 amide bonds. The van der Waals surface area contributed by atoms with E-state index < -0.39 is 11.7 Å². The molecule has 0 N–H and O–H groups in total. The topological polar surface area (TPSA) is 24.8 Å². The molecule has 2 atom stereocenters. The lowest BCUT2D eigenvalue weighted by atomic mass is 9.92. The summed E-state index contributed by atoms with van der Waals surface area (Å²) in [5, 5.41) is 0.0451. The first-order chi connectivity index (χ1) is 12.4. The Hall–Kier alpha value is -1.95. The average molecular weight is 383 g/mol. The van der Waals surface area contributed by atoms with Crippen LogP contribution in [0.5, 0.6) is 5.75 Å². The van der Waals surface area contributed by atoms with Crippen LogP contribution in [0.25, 0.3) is 0 Å². The molecule has 1 saturated carbocycles. The fraction of sp³-hybridized carbons (Fsp3) is 0.421. The highest BCUT2D eigenvalue weighted by Gasteiger charge is 2.43. The van der Waals surface area contributed by atoms with E-state index in [1.807, 2.05) is 24.3 Å². The van der Waals surface area contributed by atoms with E-state index in [0.717, 1.165) is 30.7 Å². The summed E-state index contributed by atoms with van der Waals surface area (Å²) in [7, 11) is 1.58. The number of ether oxygens (including phenoxy) is 1. The maximum Gasteiger partial charge on any atom is 0.417 e. The molecule has 26 heavy (non-hydrogen) atoms. The van der Waals surface area contributed by atoms with E-state index in [4.69, 9.17) is 16.3 Å². The normalized spacial score (nSPS) is 25.9. The summed E-state index contributed by atoms with van der Waals surface area (Å²) < 4.78 is 45.0. The molecule has 7 heteroatoms. The number of fused-ring (bicyclic) bond motifs is 1. The number of amidine groups is 1. The van der Waals surface area contributed by atoms with Crippen LogP contribution in [0.4, 0.5) is 13.2 Å². The van der Waals surface area contributed by atoms with E-state index in [1.54, 1.807) is 12.0 Å². The van der Waals surface area contributed by atoms with Crippen molar-refractivity contribution in [2.75, 3.05) is 7.11 Å². The van der Waals surface area contributed by atoms with Crippen LogP contribution in [-0.4, -0.2) is 30.1 Å². The SMILES string of the molecule is COc1ccc(C2CC(C3CC3)N=C3C(Cl)=CC(C(F)(F)F)=CN32)cc1. The second-order valence-corrected chi connectivity index (χ2v) is 7.27. The minimum absolute atomic E-state index is 0.0451. The van der Waals surface area contributed by atoms with Gasteiger partial charge in [0.05, 0.1) is 29.8 Å². The second kappa shape index (κ2) is 6.34. The highest BCUT2D eigenvalue weighted by molar-refractivity contribution is 6.43. The molecule has 0 radical (unpaired) electrons. The van der Waals surface area contributed by atoms with E-state index in [-0.39, 0.29) is 17.1 Å². The van der Waals surface area contributed by atoms with Gasteiger partial charge in [-0.2, -0.15) is 13.2 Å². The van der Waals surface area contributed by atoms with Crippen LogP contribution in [0.1, 0.15) is 30.9 Å². The Morgan fingerprint density at radius 2 is 1.88 bits per heavy atom. The number of rotatable bonds is 3. The van der Waals surface area contributed by atoms with Crippen LogP contribution in [0.15, 0.2) is 52.1 Å². The van der Waals surface area contributed by atoms with Gasteiger partial charge in [0.2, 0.25) is 0 Å². The third kappa shape index (κ3) is 3.22. The molecule has 138 valence electrons. The van der Waals surface area contributed by atoms with Crippen molar-refractivity contribution in [2.24, 2.45) is 10.9 Å². The van der Waals surface area contributed by atoms with Crippen LogP contribution in [-0.2, 0) is 0 Å². The first-order valence-electron chi connectivity index (χ1n) is 8.53. The van der Waals surface area contributed by atoms with Crippen LogP contribution >= 0.6 is 11.6 Å². The first kappa shape index (κ1) is 17.5. The number of benzene rings is 1. The Morgan fingerprint density at radius 1 is 1.19 bits per heavy atom. The second-order valence-electron chi connectivity index (χ2n) is 6.86. The summed E-state index contributed by atoms with van der Waals surface area (Å²) in [6, 6.07) is 7.29. The van der Waals surface area contributed by atoms with Gasteiger partial charge in [-0.15, -0.1) is 0 Å². The predicted molar refractivity (Wildman–Crippen MR) is 94.2 cm³/mol. The molecular weight excluding hydrogens is 365 g/mol. The quantitative estimate of drug-likeness (QED) is 0.717. The van der Waals surface area contributed by atoms with Crippen molar-refractivity contribution in [1.82, 2.24) is 4.90 Å². The van der Waals surface area contributed by atoms with Crippen molar-refractivity contribution in [3.8, 4) is 5.75 Å². The first-order valence-corrected chi connectivity index (χ1v) is 8.91. The van der Waals surface area contributed by atoms with Gasteiger partial charge in [0.15, 0.2) is 0 Å². The van der Waals surface area contributed by atoms with Crippen molar-refractivity contribution in [3.63, 3.8) is 0 Å². The van der Waals surface area contributed by atoms with E-state index in [2.05, 4.69) is 4.99 Å². The number of aliphatic imine (C=N–C) groups is 1. The summed E-state index contributed by atoms with van der Waals surface area (Å²) in [5.74, 6) is 1.65. The lowest BCUT2D eigenvalue weighted by Gasteiger charge is -2.40. The van der Waals surface area contributed by atoms with Crippen LogP contribution in [0.2, 0.25) is 0 Å². The van der Waals surface area contributed by atoms with Crippen LogP contribution < -0.4 is 4.74 Å². The van der Waals surface area contributed by atoms with Gasteiger partial charge in [-0.25, -0.2) is 0 Å². The number of hydrogen-bond donors (Lipinski definition) is 0. The number of hydrogen-bond acceptors (Lipinski definition) is 3. The largest absolute Gasteiger partial charge is 0.497 e. The fourth-order valence-corrected chi connectivity index (χ4v) is 3.81. The van der Waals surface area contributed by atoms with Gasteiger partial charge in [0.25, 0.3) is 0 Å². The van der Waals surface area contributed by atoms with E-state index >= 15 is 0 Å². The number of methoxy groups -OCH3 is 1. The minimum Gasteiger partial charge on any atom is -0.497 e. The summed E-state index contributed by atoms with van der Waals surface area (Å²) in [6.45, 7) is 0. The van der Waals surface area contributed by atoms with Crippen molar-refractivity contribution < 1.29 is 17.9 Å². The number of halogens is 4. The van der Waals surface area contributed by atoms with Crippen molar-refractivity contribution >= 4 is 17.4 Å². The lowest BCUT2D eigenvalue weighted by Crippen LogP contribution is -2.41. The third-order valence-corrected chi connectivity index (χ3v) is 5.38. The van der Waals surface area contributed by atoms with E-state index in [1.165, 1.54) is 0 Å². The minimum atomic E-state index is -4.45. The standard InChI is InChI=1S/C19H18ClF3N2O/c1-26-14-6-4-12(5-7-14)17-9-16(11-2-3-11)24-18-15(20)8-13(10-25(17)18)19(21,22)23/h4-8,10-11,16-17H,2-3,9H2,1H3. The Morgan fingerprint density at radius 3 is 2.46 bits per heavy atom. The maximum atomic E-state index is 13.3. The lowest BCUT2D eigenvalue weighted by molar-refractivity contribution is -0.0893. The summed E-state index contributed by atoms with van der Waals surface area (Å²) in [6.07, 6.45) is 0.541. The number of allylic oxidation sites excluding steroid dienone is 2. The molecule has 1 fully saturated rings. The molecule has 0 aromatic heterocycles. The van der Waals surface area contributed by atoms with E-state index in [9.17, 15) is 13.2 Å².